The third kappa shape index (κ3) is 2.56. The second kappa shape index (κ2) is 5.92. The standard InChI is InChI=1S/C18H23N3O3/c1-4-9-18(3)16(23)20(17(24)19-18)11-15(22)21-12(2)10-13-7-5-6-8-14(13)21/h5-8,12H,4,9-11H2,1-3H3,(H,19,24). The monoisotopic (exact) mass is 329 g/mol. The van der Waals surface area contributed by atoms with E-state index in [-0.39, 0.29) is 24.4 Å². The maximum Gasteiger partial charge on any atom is 0.325 e. The van der Waals surface area contributed by atoms with E-state index in [0.29, 0.717) is 6.42 Å². The summed E-state index contributed by atoms with van der Waals surface area (Å²) in [5.74, 6) is -0.542. The molecule has 1 fully saturated rings. The summed E-state index contributed by atoms with van der Waals surface area (Å²) < 4.78 is 0. The number of carbonyl (C=O) groups is 3. The van der Waals surface area contributed by atoms with E-state index in [1.807, 2.05) is 38.1 Å². The minimum atomic E-state index is -0.902. The third-order valence-electron chi connectivity index (χ3n) is 4.86. The van der Waals surface area contributed by atoms with Crippen molar-refractivity contribution in [2.45, 2.75) is 51.6 Å². The maximum atomic E-state index is 12.8. The molecule has 128 valence electrons. The SMILES string of the molecule is CCCC1(C)NC(=O)N(CC(=O)N2c3ccccc3CC2C)C1=O. The highest BCUT2D eigenvalue weighted by molar-refractivity contribution is 6.10. The number of imide groups is 1. The second-order valence-corrected chi connectivity index (χ2v) is 6.85. The van der Waals surface area contributed by atoms with Crippen LogP contribution >= 0.6 is 0 Å². The van der Waals surface area contributed by atoms with Crippen LogP contribution in [0.2, 0.25) is 0 Å². The molecule has 2 aliphatic heterocycles. The van der Waals surface area contributed by atoms with Gasteiger partial charge >= 0.3 is 6.03 Å². The highest BCUT2D eigenvalue weighted by atomic mass is 16.2. The average Bonchev–Trinajstić information content (AvgIpc) is 2.96. The van der Waals surface area contributed by atoms with E-state index in [4.69, 9.17) is 0 Å². The predicted octanol–water partition coefficient (Wildman–Crippen LogP) is 2.07. The fourth-order valence-electron chi connectivity index (χ4n) is 3.72. The Morgan fingerprint density at radius 3 is 2.75 bits per heavy atom. The van der Waals surface area contributed by atoms with Gasteiger partial charge in [-0.25, -0.2) is 4.79 Å². The molecule has 1 N–H and O–H groups in total. The summed E-state index contributed by atoms with van der Waals surface area (Å²) in [4.78, 5) is 40.3. The summed E-state index contributed by atoms with van der Waals surface area (Å²) in [5.41, 5.74) is 1.09. The summed E-state index contributed by atoms with van der Waals surface area (Å²) in [7, 11) is 0. The smallest absolute Gasteiger partial charge is 0.323 e. The average molecular weight is 329 g/mol. The highest BCUT2D eigenvalue weighted by Gasteiger charge is 2.48. The van der Waals surface area contributed by atoms with Crippen LogP contribution in [0.25, 0.3) is 0 Å². The summed E-state index contributed by atoms with van der Waals surface area (Å²) in [6, 6.07) is 7.30. The molecule has 0 radical (unpaired) electrons. The molecular formula is C18H23N3O3. The molecule has 4 amide bonds. The fourth-order valence-corrected chi connectivity index (χ4v) is 3.72. The lowest BCUT2D eigenvalue weighted by Crippen LogP contribution is -2.47. The van der Waals surface area contributed by atoms with Crippen molar-refractivity contribution in [2.75, 3.05) is 11.4 Å². The predicted molar refractivity (Wildman–Crippen MR) is 90.7 cm³/mol. The first-order valence-electron chi connectivity index (χ1n) is 8.41. The molecule has 6 nitrogen and oxygen atoms in total. The number of urea groups is 1. The number of hydrogen-bond donors (Lipinski definition) is 1. The number of nitrogens with zero attached hydrogens (tertiary/aromatic N) is 2. The van der Waals surface area contributed by atoms with Crippen molar-refractivity contribution < 1.29 is 14.4 Å². The lowest BCUT2D eigenvalue weighted by Gasteiger charge is -2.25. The summed E-state index contributed by atoms with van der Waals surface area (Å²) in [6.45, 7) is 5.43. The molecule has 24 heavy (non-hydrogen) atoms. The Balaban J connectivity index is 1.78. The van der Waals surface area contributed by atoms with Gasteiger partial charge in [0.15, 0.2) is 0 Å². The highest BCUT2D eigenvalue weighted by Crippen LogP contribution is 2.32. The van der Waals surface area contributed by atoms with Gasteiger partial charge in [-0.15, -0.1) is 0 Å². The molecular weight excluding hydrogens is 306 g/mol. The van der Waals surface area contributed by atoms with Crippen LogP contribution < -0.4 is 10.2 Å². The molecule has 1 aromatic rings. The summed E-state index contributed by atoms with van der Waals surface area (Å²) >= 11 is 0. The Bertz CT molecular complexity index is 703. The number of hydrogen-bond acceptors (Lipinski definition) is 3. The lowest BCUT2D eigenvalue weighted by molar-refractivity contribution is -0.134. The molecule has 1 aromatic carbocycles. The first-order chi connectivity index (χ1) is 11.4. The molecule has 0 aliphatic carbocycles. The molecule has 3 rings (SSSR count). The Labute approximate surface area is 141 Å². The van der Waals surface area contributed by atoms with Crippen LogP contribution in [0.1, 0.15) is 39.2 Å². The second-order valence-electron chi connectivity index (χ2n) is 6.85. The van der Waals surface area contributed by atoms with Crippen molar-refractivity contribution in [1.82, 2.24) is 10.2 Å². The van der Waals surface area contributed by atoms with Crippen molar-refractivity contribution in [3.8, 4) is 0 Å². The number of para-hydroxylation sites is 1. The van der Waals surface area contributed by atoms with Gasteiger partial charge in [0.2, 0.25) is 5.91 Å². The topological polar surface area (TPSA) is 69.7 Å². The number of fused-ring (bicyclic) bond motifs is 1. The molecule has 0 bridgehead atoms. The molecule has 0 saturated carbocycles. The van der Waals surface area contributed by atoms with Crippen LogP contribution in [0.3, 0.4) is 0 Å². The van der Waals surface area contributed by atoms with E-state index in [0.717, 1.165) is 29.0 Å². The number of nitrogens with one attached hydrogen (secondary N) is 1. The molecule has 2 heterocycles. The molecule has 2 atom stereocenters. The van der Waals surface area contributed by atoms with Gasteiger partial charge in [0.1, 0.15) is 12.1 Å². The fraction of sp³-hybridized carbons (Fsp3) is 0.500. The van der Waals surface area contributed by atoms with Crippen molar-refractivity contribution >= 4 is 23.5 Å². The van der Waals surface area contributed by atoms with E-state index in [1.165, 1.54) is 0 Å². The van der Waals surface area contributed by atoms with E-state index in [1.54, 1.807) is 11.8 Å². The van der Waals surface area contributed by atoms with Gasteiger partial charge in [0.05, 0.1) is 0 Å². The first kappa shape index (κ1) is 16.5. The Morgan fingerprint density at radius 2 is 2.04 bits per heavy atom. The third-order valence-corrected chi connectivity index (χ3v) is 4.86. The van der Waals surface area contributed by atoms with E-state index in [2.05, 4.69) is 5.32 Å². The van der Waals surface area contributed by atoms with Crippen molar-refractivity contribution in [3.05, 3.63) is 29.8 Å². The zero-order valence-corrected chi connectivity index (χ0v) is 14.3. The van der Waals surface area contributed by atoms with Crippen LogP contribution in [-0.4, -0.2) is 40.9 Å². The quantitative estimate of drug-likeness (QED) is 0.860. The number of amides is 4. The van der Waals surface area contributed by atoms with E-state index in [9.17, 15) is 14.4 Å². The van der Waals surface area contributed by atoms with Crippen LogP contribution in [0.5, 0.6) is 0 Å². The van der Waals surface area contributed by atoms with Crippen molar-refractivity contribution in [1.29, 1.82) is 0 Å². The van der Waals surface area contributed by atoms with Gasteiger partial charge in [0, 0.05) is 11.7 Å². The minimum Gasteiger partial charge on any atom is -0.323 e. The Kier molecular flexibility index (Phi) is 4.07. The van der Waals surface area contributed by atoms with Gasteiger partial charge in [-0.3, -0.25) is 14.5 Å². The molecule has 0 aromatic heterocycles. The maximum absolute atomic E-state index is 12.8. The zero-order chi connectivity index (χ0) is 17.5. The van der Waals surface area contributed by atoms with Gasteiger partial charge in [-0.1, -0.05) is 31.5 Å². The molecule has 2 unspecified atom stereocenters. The van der Waals surface area contributed by atoms with Crippen LogP contribution in [-0.2, 0) is 16.0 Å². The molecule has 1 saturated heterocycles. The van der Waals surface area contributed by atoms with Gasteiger partial charge < -0.3 is 10.2 Å². The number of benzene rings is 1. The van der Waals surface area contributed by atoms with E-state index < -0.39 is 11.6 Å². The van der Waals surface area contributed by atoms with Crippen LogP contribution in [0.15, 0.2) is 24.3 Å². The van der Waals surface area contributed by atoms with Crippen molar-refractivity contribution in [2.24, 2.45) is 0 Å². The van der Waals surface area contributed by atoms with E-state index >= 15 is 0 Å². The zero-order valence-electron chi connectivity index (χ0n) is 14.3. The van der Waals surface area contributed by atoms with Gasteiger partial charge in [-0.2, -0.15) is 0 Å². The van der Waals surface area contributed by atoms with Gasteiger partial charge in [0.25, 0.3) is 5.91 Å². The number of rotatable bonds is 4. The molecule has 0 spiro atoms. The van der Waals surface area contributed by atoms with Crippen molar-refractivity contribution in [3.63, 3.8) is 0 Å². The Morgan fingerprint density at radius 1 is 1.33 bits per heavy atom. The summed E-state index contributed by atoms with van der Waals surface area (Å²) in [5, 5.41) is 2.72. The summed E-state index contributed by atoms with van der Waals surface area (Å²) in [6.07, 6.45) is 2.13. The van der Waals surface area contributed by atoms with Crippen LogP contribution in [0.4, 0.5) is 10.5 Å². The Hall–Kier alpha value is -2.37. The minimum absolute atomic E-state index is 0.0256. The lowest BCUT2D eigenvalue weighted by atomic mass is 9.96. The van der Waals surface area contributed by atoms with Crippen LogP contribution in [0, 0.1) is 0 Å². The largest absolute Gasteiger partial charge is 0.325 e. The first-order valence-corrected chi connectivity index (χ1v) is 8.41. The number of anilines is 1. The van der Waals surface area contributed by atoms with Gasteiger partial charge in [-0.05, 0) is 38.3 Å². The molecule has 2 aliphatic rings. The number of carbonyl (C=O) groups excluding carboxylic acids is 3. The normalized spacial score (nSPS) is 25.9. The molecule has 6 heteroatoms.